The first-order chi connectivity index (χ1) is 9.08. The molecule has 100 valence electrons. The van der Waals surface area contributed by atoms with E-state index in [-0.39, 0.29) is 11.1 Å². The van der Waals surface area contributed by atoms with Crippen molar-refractivity contribution < 1.29 is 9.13 Å². The van der Waals surface area contributed by atoms with E-state index in [1.807, 2.05) is 13.0 Å². The Balaban J connectivity index is 2.27. The Hall–Kier alpha value is -1.65. The molecular weight excluding hydrogens is 267 g/mol. The molecule has 0 saturated carbocycles. The number of nitrogens with zero attached hydrogens (tertiary/aromatic N) is 1. The van der Waals surface area contributed by atoms with Crippen molar-refractivity contribution in [1.82, 2.24) is 4.98 Å². The van der Waals surface area contributed by atoms with Crippen molar-refractivity contribution in [2.45, 2.75) is 19.1 Å². The molecule has 0 amide bonds. The summed E-state index contributed by atoms with van der Waals surface area (Å²) in [6.07, 6.45) is 2.97. The average Bonchev–Trinajstić information content (AvgIpc) is 2.38. The van der Waals surface area contributed by atoms with E-state index in [0.29, 0.717) is 5.75 Å². The van der Waals surface area contributed by atoms with E-state index in [1.165, 1.54) is 18.2 Å². The first kappa shape index (κ1) is 13.8. The van der Waals surface area contributed by atoms with E-state index in [2.05, 4.69) is 4.98 Å². The minimum atomic E-state index is -0.406. The monoisotopic (exact) mass is 280 g/mol. The molecule has 3 nitrogen and oxygen atoms in total. The van der Waals surface area contributed by atoms with E-state index in [4.69, 9.17) is 22.1 Å². The van der Waals surface area contributed by atoms with Crippen LogP contribution >= 0.6 is 11.6 Å². The summed E-state index contributed by atoms with van der Waals surface area (Å²) in [5.41, 5.74) is 6.77. The molecule has 0 saturated heterocycles. The second-order valence-corrected chi connectivity index (χ2v) is 4.67. The fraction of sp³-hybridized carbons (Fsp3) is 0.214. The van der Waals surface area contributed by atoms with E-state index in [0.717, 1.165) is 5.56 Å². The number of nitrogens with two attached hydrogens (primary N) is 1. The molecule has 19 heavy (non-hydrogen) atoms. The summed E-state index contributed by atoms with van der Waals surface area (Å²) < 4.78 is 18.8. The summed E-state index contributed by atoms with van der Waals surface area (Å²) in [7, 11) is 0. The van der Waals surface area contributed by atoms with Gasteiger partial charge in [0, 0.05) is 24.0 Å². The van der Waals surface area contributed by atoms with Crippen molar-refractivity contribution in [3.63, 3.8) is 0 Å². The maximum absolute atomic E-state index is 13.0. The summed E-state index contributed by atoms with van der Waals surface area (Å²) in [4.78, 5) is 4.04. The summed E-state index contributed by atoms with van der Waals surface area (Å²) >= 11 is 5.94. The molecule has 5 heteroatoms. The van der Waals surface area contributed by atoms with Crippen LogP contribution in [0.5, 0.6) is 5.75 Å². The third-order valence-corrected chi connectivity index (χ3v) is 2.93. The summed E-state index contributed by atoms with van der Waals surface area (Å²) in [5, 5.41) is 0.217. The molecule has 0 aliphatic rings. The van der Waals surface area contributed by atoms with Gasteiger partial charge in [0.1, 0.15) is 17.7 Å². The zero-order valence-electron chi connectivity index (χ0n) is 10.4. The Morgan fingerprint density at radius 1 is 1.37 bits per heavy atom. The van der Waals surface area contributed by atoms with Gasteiger partial charge < -0.3 is 10.5 Å². The Morgan fingerprint density at radius 3 is 2.74 bits per heavy atom. The highest BCUT2D eigenvalue weighted by molar-refractivity contribution is 6.32. The van der Waals surface area contributed by atoms with Gasteiger partial charge in [-0.1, -0.05) is 17.7 Å². The van der Waals surface area contributed by atoms with Gasteiger partial charge in [0.2, 0.25) is 0 Å². The molecule has 0 spiro atoms. The Labute approximate surface area is 116 Å². The molecule has 1 heterocycles. The fourth-order valence-electron chi connectivity index (χ4n) is 1.73. The van der Waals surface area contributed by atoms with Crippen LogP contribution in [0.3, 0.4) is 0 Å². The fourth-order valence-corrected chi connectivity index (χ4v) is 1.94. The van der Waals surface area contributed by atoms with Gasteiger partial charge in [-0.3, -0.25) is 4.98 Å². The lowest BCUT2D eigenvalue weighted by Crippen LogP contribution is -2.29. The molecular formula is C14H14ClFN2O. The molecule has 0 radical (unpaired) electrons. The molecule has 2 unspecified atom stereocenters. The van der Waals surface area contributed by atoms with Gasteiger partial charge in [0.05, 0.1) is 5.02 Å². The molecule has 1 aromatic heterocycles. The Morgan fingerprint density at radius 2 is 2.16 bits per heavy atom. The molecule has 0 fully saturated rings. The number of halogens is 2. The van der Waals surface area contributed by atoms with Gasteiger partial charge in [-0.2, -0.15) is 0 Å². The van der Waals surface area contributed by atoms with Gasteiger partial charge in [-0.15, -0.1) is 0 Å². The van der Waals surface area contributed by atoms with Crippen molar-refractivity contribution >= 4 is 11.6 Å². The number of ether oxygens (including phenoxy) is 1. The van der Waals surface area contributed by atoms with Crippen molar-refractivity contribution in [3.05, 3.63) is 59.1 Å². The number of pyridine rings is 1. The standard InChI is InChI=1S/C14H14ClFN2O/c1-9(17)14(10-3-2-6-18-8-10)19-13-5-4-11(16)7-12(13)15/h2-9,14H,17H2,1H3. The van der Waals surface area contributed by atoms with Crippen LogP contribution in [0.25, 0.3) is 0 Å². The van der Waals surface area contributed by atoms with Crippen LogP contribution in [0, 0.1) is 5.82 Å². The molecule has 0 aliphatic heterocycles. The number of rotatable bonds is 4. The molecule has 0 bridgehead atoms. The van der Waals surface area contributed by atoms with Gasteiger partial charge in [-0.25, -0.2) is 4.39 Å². The molecule has 0 aliphatic carbocycles. The largest absolute Gasteiger partial charge is 0.482 e. The lowest BCUT2D eigenvalue weighted by molar-refractivity contribution is 0.180. The van der Waals surface area contributed by atoms with Crippen molar-refractivity contribution in [2.75, 3.05) is 0 Å². The van der Waals surface area contributed by atoms with Crippen LogP contribution in [0.15, 0.2) is 42.7 Å². The van der Waals surface area contributed by atoms with Crippen LogP contribution in [0.4, 0.5) is 4.39 Å². The van der Waals surface area contributed by atoms with Crippen LogP contribution in [0.1, 0.15) is 18.6 Å². The van der Waals surface area contributed by atoms with E-state index in [9.17, 15) is 4.39 Å². The van der Waals surface area contributed by atoms with E-state index >= 15 is 0 Å². The predicted molar refractivity (Wildman–Crippen MR) is 72.7 cm³/mol. The van der Waals surface area contributed by atoms with Crippen molar-refractivity contribution in [2.24, 2.45) is 5.73 Å². The second kappa shape index (κ2) is 5.99. The first-order valence-corrected chi connectivity index (χ1v) is 6.23. The molecule has 2 atom stereocenters. The van der Waals surface area contributed by atoms with Crippen LogP contribution in [-0.2, 0) is 0 Å². The summed E-state index contributed by atoms with van der Waals surface area (Å²) in [5.74, 6) is -0.00899. The summed E-state index contributed by atoms with van der Waals surface area (Å²) in [6.45, 7) is 1.83. The number of aromatic nitrogens is 1. The van der Waals surface area contributed by atoms with Gasteiger partial charge in [0.15, 0.2) is 0 Å². The van der Waals surface area contributed by atoms with Crippen LogP contribution in [0.2, 0.25) is 5.02 Å². The maximum Gasteiger partial charge on any atom is 0.140 e. The molecule has 1 aromatic carbocycles. The zero-order valence-corrected chi connectivity index (χ0v) is 11.1. The van der Waals surface area contributed by atoms with Gasteiger partial charge in [0.25, 0.3) is 0 Å². The lowest BCUT2D eigenvalue weighted by atomic mass is 10.1. The number of hydrogen-bond acceptors (Lipinski definition) is 3. The smallest absolute Gasteiger partial charge is 0.140 e. The molecule has 2 aromatic rings. The SMILES string of the molecule is CC(N)C(Oc1ccc(F)cc1Cl)c1cccnc1. The van der Waals surface area contributed by atoms with Crippen LogP contribution < -0.4 is 10.5 Å². The van der Waals surface area contributed by atoms with E-state index in [1.54, 1.807) is 18.5 Å². The quantitative estimate of drug-likeness (QED) is 0.934. The highest BCUT2D eigenvalue weighted by Crippen LogP contribution is 2.30. The highest BCUT2D eigenvalue weighted by atomic mass is 35.5. The minimum Gasteiger partial charge on any atom is -0.482 e. The summed E-state index contributed by atoms with van der Waals surface area (Å²) in [6, 6.07) is 7.41. The van der Waals surface area contributed by atoms with E-state index < -0.39 is 11.9 Å². The topological polar surface area (TPSA) is 48.1 Å². The number of hydrogen-bond donors (Lipinski definition) is 1. The Kier molecular flexibility index (Phi) is 4.35. The minimum absolute atomic E-state index is 0.217. The molecule has 2 N–H and O–H groups in total. The average molecular weight is 281 g/mol. The maximum atomic E-state index is 13.0. The van der Waals surface area contributed by atoms with Gasteiger partial charge >= 0.3 is 0 Å². The number of benzene rings is 1. The third-order valence-electron chi connectivity index (χ3n) is 2.64. The molecule has 2 rings (SSSR count). The normalized spacial score (nSPS) is 13.9. The second-order valence-electron chi connectivity index (χ2n) is 4.26. The first-order valence-electron chi connectivity index (χ1n) is 5.85. The lowest BCUT2D eigenvalue weighted by Gasteiger charge is -2.23. The van der Waals surface area contributed by atoms with Gasteiger partial charge in [-0.05, 0) is 31.2 Å². The predicted octanol–water partition coefficient (Wildman–Crippen LogP) is 3.34. The van der Waals surface area contributed by atoms with Crippen molar-refractivity contribution in [1.29, 1.82) is 0 Å². The third kappa shape index (κ3) is 3.43. The van der Waals surface area contributed by atoms with Crippen LogP contribution in [-0.4, -0.2) is 11.0 Å². The zero-order chi connectivity index (χ0) is 13.8. The highest BCUT2D eigenvalue weighted by Gasteiger charge is 2.19. The Bertz CT molecular complexity index is 548. The van der Waals surface area contributed by atoms with Crippen molar-refractivity contribution in [3.8, 4) is 5.75 Å².